The van der Waals surface area contributed by atoms with Crippen molar-refractivity contribution in [2.24, 2.45) is 0 Å². The van der Waals surface area contributed by atoms with Gasteiger partial charge in [0.15, 0.2) is 6.23 Å². The highest BCUT2D eigenvalue weighted by Gasteiger charge is 2.19. The number of benzene rings is 1. The number of nitrogens with zero attached hydrogens (tertiary/aromatic N) is 1. The summed E-state index contributed by atoms with van der Waals surface area (Å²) in [4.78, 5) is 1.95. The van der Waals surface area contributed by atoms with E-state index in [0.717, 1.165) is 12.2 Å². The molecule has 0 aliphatic carbocycles. The third-order valence-corrected chi connectivity index (χ3v) is 2.19. The number of para-hydroxylation sites is 1. The zero-order chi connectivity index (χ0) is 9.10. The number of anilines is 1. The fraction of sp³-hybridized carbons (Fsp3) is 0.400. The number of rotatable bonds is 1. The second-order valence-electron chi connectivity index (χ2n) is 3.08. The van der Waals surface area contributed by atoms with Crippen molar-refractivity contribution >= 4 is 18.1 Å². The van der Waals surface area contributed by atoms with Gasteiger partial charge >= 0.3 is 0 Å². The number of morpholine rings is 1. The number of hydrogen-bond acceptors (Lipinski definition) is 3. The molecule has 1 saturated heterocycles. The molecule has 0 spiro atoms. The van der Waals surface area contributed by atoms with E-state index >= 15 is 0 Å². The summed E-state index contributed by atoms with van der Waals surface area (Å²) >= 11 is 0. The van der Waals surface area contributed by atoms with Crippen LogP contribution in [0.1, 0.15) is 0 Å². The number of halogens is 1. The Kier molecular flexibility index (Phi) is 4.20. The molecule has 1 aliphatic rings. The fourth-order valence-corrected chi connectivity index (χ4v) is 1.51. The summed E-state index contributed by atoms with van der Waals surface area (Å²) in [6.07, 6.45) is -0.504. The molecule has 0 bridgehead atoms. The minimum Gasteiger partial charge on any atom is -0.375 e. The van der Waals surface area contributed by atoms with Crippen LogP contribution in [-0.4, -0.2) is 31.1 Å². The van der Waals surface area contributed by atoms with E-state index in [2.05, 4.69) is 0 Å². The van der Waals surface area contributed by atoms with Gasteiger partial charge in [0.05, 0.1) is 13.2 Å². The highest BCUT2D eigenvalue weighted by molar-refractivity contribution is 5.85. The molecule has 1 aliphatic heterocycles. The van der Waals surface area contributed by atoms with Crippen LogP contribution in [0.4, 0.5) is 5.69 Å². The molecule has 2 rings (SSSR count). The van der Waals surface area contributed by atoms with Gasteiger partial charge in [-0.25, -0.2) is 0 Å². The van der Waals surface area contributed by atoms with Crippen LogP contribution in [0.3, 0.4) is 0 Å². The molecule has 1 unspecified atom stereocenters. The maximum absolute atomic E-state index is 9.62. The van der Waals surface area contributed by atoms with Crippen LogP contribution < -0.4 is 4.90 Å². The number of hydrogen-bond donors (Lipinski definition) is 1. The third-order valence-electron chi connectivity index (χ3n) is 2.19. The predicted molar refractivity (Wildman–Crippen MR) is 57.9 cm³/mol. The van der Waals surface area contributed by atoms with Gasteiger partial charge in [0.2, 0.25) is 0 Å². The van der Waals surface area contributed by atoms with E-state index in [1.165, 1.54) is 0 Å². The largest absolute Gasteiger partial charge is 0.375 e. The van der Waals surface area contributed by atoms with E-state index in [1.54, 1.807) is 0 Å². The normalized spacial score (nSPS) is 21.5. The third kappa shape index (κ3) is 2.38. The zero-order valence-electron chi connectivity index (χ0n) is 7.80. The van der Waals surface area contributed by atoms with Crippen molar-refractivity contribution in [1.82, 2.24) is 0 Å². The minimum absolute atomic E-state index is 0. The van der Waals surface area contributed by atoms with Gasteiger partial charge < -0.3 is 14.7 Å². The van der Waals surface area contributed by atoms with Gasteiger partial charge in [-0.3, -0.25) is 0 Å². The molecule has 0 aromatic heterocycles. The molecule has 1 aromatic carbocycles. The summed E-state index contributed by atoms with van der Waals surface area (Å²) in [6, 6.07) is 9.90. The summed E-state index contributed by atoms with van der Waals surface area (Å²) in [5, 5.41) is 9.62. The van der Waals surface area contributed by atoms with Crippen LogP contribution >= 0.6 is 12.4 Å². The number of ether oxygens (including phenoxy) is 1. The van der Waals surface area contributed by atoms with Gasteiger partial charge in [-0.2, -0.15) is 0 Å². The Morgan fingerprint density at radius 3 is 2.64 bits per heavy atom. The van der Waals surface area contributed by atoms with E-state index in [0.29, 0.717) is 13.2 Å². The van der Waals surface area contributed by atoms with Crippen molar-refractivity contribution in [3.05, 3.63) is 30.3 Å². The van der Waals surface area contributed by atoms with E-state index in [9.17, 15) is 5.11 Å². The van der Waals surface area contributed by atoms with Crippen molar-refractivity contribution in [1.29, 1.82) is 0 Å². The van der Waals surface area contributed by atoms with Crippen LogP contribution in [0.2, 0.25) is 0 Å². The quantitative estimate of drug-likeness (QED) is 0.766. The number of aliphatic hydroxyl groups is 1. The Hall–Kier alpha value is -0.770. The lowest BCUT2D eigenvalue weighted by atomic mass is 10.2. The second kappa shape index (κ2) is 5.20. The van der Waals surface area contributed by atoms with Crippen LogP contribution in [-0.2, 0) is 4.74 Å². The molecule has 0 saturated carbocycles. The lowest BCUT2D eigenvalue weighted by Crippen LogP contribution is -2.45. The van der Waals surface area contributed by atoms with Crippen molar-refractivity contribution in [2.45, 2.75) is 6.23 Å². The van der Waals surface area contributed by atoms with E-state index in [4.69, 9.17) is 4.74 Å². The first kappa shape index (κ1) is 11.3. The Balaban J connectivity index is 0.000000980. The highest BCUT2D eigenvalue weighted by atomic mass is 35.5. The molecular weight excluding hydrogens is 202 g/mol. The SMILES string of the molecule is Cl.OC1COCCN1c1ccccc1. The molecule has 1 N–H and O–H groups in total. The molecule has 0 amide bonds. The van der Waals surface area contributed by atoms with Gasteiger partial charge in [0.1, 0.15) is 0 Å². The first-order valence-electron chi connectivity index (χ1n) is 4.45. The zero-order valence-corrected chi connectivity index (χ0v) is 8.61. The summed E-state index contributed by atoms with van der Waals surface area (Å²) in [5.41, 5.74) is 1.05. The average molecular weight is 216 g/mol. The molecule has 1 atom stereocenters. The van der Waals surface area contributed by atoms with Gasteiger partial charge in [0, 0.05) is 12.2 Å². The van der Waals surface area contributed by atoms with E-state index in [-0.39, 0.29) is 12.4 Å². The van der Waals surface area contributed by atoms with Crippen molar-refractivity contribution in [3.8, 4) is 0 Å². The maximum atomic E-state index is 9.62. The van der Waals surface area contributed by atoms with Crippen molar-refractivity contribution < 1.29 is 9.84 Å². The summed E-state index contributed by atoms with van der Waals surface area (Å²) in [7, 11) is 0. The van der Waals surface area contributed by atoms with Crippen molar-refractivity contribution in [2.75, 3.05) is 24.7 Å². The lowest BCUT2D eigenvalue weighted by molar-refractivity contribution is 0.00633. The monoisotopic (exact) mass is 215 g/mol. The standard InChI is InChI=1S/C10H13NO2.ClH/c12-10-8-13-7-6-11(10)9-4-2-1-3-5-9;/h1-5,10,12H,6-8H2;1H. The Bertz CT molecular complexity index is 268. The maximum Gasteiger partial charge on any atom is 0.150 e. The van der Waals surface area contributed by atoms with Crippen LogP contribution in [0.15, 0.2) is 30.3 Å². The minimum atomic E-state index is -0.504. The predicted octanol–water partition coefficient (Wildman–Crippen LogP) is 1.26. The van der Waals surface area contributed by atoms with Crippen LogP contribution in [0.5, 0.6) is 0 Å². The summed E-state index contributed by atoms with van der Waals surface area (Å²) in [6.45, 7) is 1.84. The van der Waals surface area contributed by atoms with Gasteiger partial charge in [-0.15, -0.1) is 12.4 Å². The van der Waals surface area contributed by atoms with Crippen molar-refractivity contribution in [3.63, 3.8) is 0 Å². The lowest BCUT2D eigenvalue weighted by Gasteiger charge is -2.33. The Morgan fingerprint density at radius 2 is 2.00 bits per heavy atom. The Labute approximate surface area is 89.7 Å². The topological polar surface area (TPSA) is 32.7 Å². The molecule has 4 heteroatoms. The molecule has 1 fully saturated rings. The molecule has 78 valence electrons. The first-order valence-corrected chi connectivity index (χ1v) is 4.45. The van der Waals surface area contributed by atoms with E-state index < -0.39 is 6.23 Å². The second-order valence-corrected chi connectivity index (χ2v) is 3.08. The number of aliphatic hydroxyl groups excluding tert-OH is 1. The van der Waals surface area contributed by atoms with Gasteiger partial charge in [-0.1, -0.05) is 18.2 Å². The first-order chi connectivity index (χ1) is 6.38. The summed E-state index contributed by atoms with van der Waals surface area (Å²) < 4.78 is 5.14. The highest BCUT2D eigenvalue weighted by Crippen LogP contribution is 2.17. The molecule has 0 radical (unpaired) electrons. The van der Waals surface area contributed by atoms with E-state index in [1.807, 2.05) is 35.2 Å². The molecule has 14 heavy (non-hydrogen) atoms. The van der Waals surface area contributed by atoms with Crippen LogP contribution in [0.25, 0.3) is 0 Å². The average Bonchev–Trinajstić information content (AvgIpc) is 2.20. The Morgan fingerprint density at radius 1 is 1.29 bits per heavy atom. The summed E-state index contributed by atoms with van der Waals surface area (Å²) in [5.74, 6) is 0. The van der Waals surface area contributed by atoms with Gasteiger partial charge in [0.25, 0.3) is 0 Å². The smallest absolute Gasteiger partial charge is 0.150 e. The molecule has 3 nitrogen and oxygen atoms in total. The molecular formula is C10H14ClNO2. The molecule has 1 heterocycles. The van der Waals surface area contributed by atoms with Crippen LogP contribution in [0, 0.1) is 0 Å². The fourth-order valence-electron chi connectivity index (χ4n) is 1.51. The molecule has 1 aromatic rings. The van der Waals surface area contributed by atoms with Gasteiger partial charge in [-0.05, 0) is 12.1 Å².